The average Bonchev–Trinajstić information content (AvgIpc) is 3.26. The van der Waals surface area contributed by atoms with Crippen LogP contribution in [0.15, 0.2) is 36.5 Å². The molecule has 3 aromatic rings. The lowest BCUT2D eigenvalue weighted by atomic mass is 10.0. The SMILES string of the molecule is Cc1nc2ccc(C(=O)N3CCC[C@@H]3c3ccnc(N(C)C)c3)cc2[nH]1. The third kappa shape index (κ3) is 2.92. The molecule has 0 radical (unpaired) electrons. The molecule has 0 unspecified atom stereocenters. The molecule has 1 amide bonds. The van der Waals surface area contributed by atoms with Gasteiger partial charge in [-0.25, -0.2) is 9.97 Å². The van der Waals surface area contributed by atoms with Gasteiger partial charge in [0.1, 0.15) is 11.6 Å². The summed E-state index contributed by atoms with van der Waals surface area (Å²) in [5, 5.41) is 0. The maximum absolute atomic E-state index is 13.2. The number of carbonyl (C=O) groups excluding carboxylic acids is 1. The van der Waals surface area contributed by atoms with Gasteiger partial charge < -0.3 is 14.8 Å². The number of aryl methyl sites for hydroxylation is 1. The number of anilines is 1. The normalized spacial score (nSPS) is 17.0. The van der Waals surface area contributed by atoms with Gasteiger partial charge in [-0.3, -0.25) is 4.79 Å². The molecule has 1 fully saturated rings. The van der Waals surface area contributed by atoms with Crippen molar-refractivity contribution in [3.05, 3.63) is 53.5 Å². The van der Waals surface area contributed by atoms with Crippen LogP contribution in [0.1, 0.15) is 40.6 Å². The number of carbonyl (C=O) groups is 1. The number of pyridine rings is 1. The summed E-state index contributed by atoms with van der Waals surface area (Å²) in [6.45, 7) is 2.70. The highest BCUT2D eigenvalue weighted by Crippen LogP contribution is 2.34. The highest BCUT2D eigenvalue weighted by Gasteiger charge is 2.31. The van der Waals surface area contributed by atoms with Gasteiger partial charge in [-0.2, -0.15) is 0 Å². The van der Waals surface area contributed by atoms with E-state index in [0.717, 1.165) is 47.6 Å². The molecule has 0 bridgehead atoms. The van der Waals surface area contributed by atoms with E-state index in [2.05, 4.69) is 21.0 Å². The molecule has 0 saturated carbocycles. The summed E-state index contributed by atoms with van der Waals surface area (Å²) >= 11 is 0. The van der Waals surface area contributed by atoms with E-state index < -0.39 is 0 Å². The average molecular weight is 349 g/mol. The van der Waals surface area contributed by atoms with Gasteiger partial charge in [0.05, 0.1) is 17.1 Å². The van der Waals surface area contributed by atoms with Crippen molar-refractivity contribution in [2.45, 2.75) is 25.8 Å². The number of benzene rings is 1. The number of likely N-dealkylation sites (tertiary alicyclic amines) is 1. The Morgan fingerprint density at radius 3 is 2.92 bits per heavy atom. The van der Waals surface area contributed by atoms with Crippen LogP contribution in [0.25, 0.3) is 11.0 Å². The zero-order valence-electron chi connectivity index (χ0n) is 15.4. The van der Waals surface area contributed by atoms with Crippen LogP contribution in [0.5, 0.6) is 0 Å². The van der Waals surface area contributed by atoms with Crippen LogP contribution in [-0.2, 0) is 0 Å². The number of imidazole rings is 1. The third-order valence-corrected chi connectivity index (χ3v) is 4.97. The molecule has 4 rings (SSSR count). The Morgan fingerprint density at radius 2 is 2.12 bits per heavy atom. The fraction of sp³-hybridized carbons (Fsp3) is 0.350. The first-order valence-electron chi connectivity index (χ1n) is 8.93. The second-order valence-corrected chi connectivity index (χ2v) is 7.05. The van der Waals surface area contributed by atoms with E-state index in [9.17, 15) is 4.79 Å². The van der Waals surface area contributed by atoms with E-state index >= 15 is 0 Å². The van der Waals surface area contributed by atoms with Crippen LogP contribution in [0, 0.1) is 6.92 Å². The van der Waals surface area contributed by atoms with Crippen LogP contribution < -0.4 is 4.90 Å². The first kappa shape index (κ1) is 16.6. The maximum atomic E-state index is 13.2. The molecule has 1 aromatic carbocycles. The molecule has 1 aliphatic rings. The van der Waals surface area contributed by atoms with Crippen LogP contribution in [0.4, 0.5) is 5.82 Å². The van der Waals surface area contributed by atoms with Crippen molar-refractivity contribution >= 4 is 22.8 Å². The fourth-order valence-corrected chi connectivity index (χ4v) is 3.68. The molecule has 0 spiro atoms. The van der Waals surface area contributed by atoms with Crippen LogP contribution >= 0.6 is 0 Å². The van der Waals surface area contributed by atoms with Gasteiger partial charge >= 0.3 is 0 Å². The minimum atomic E-state index is 0.0740. The van der Waals surface area contributed by atoms with Crippen molar-refractivity contribution in [2.24, 2.45) is 0 Å². The molecule has 134 valence electrons. The molecule has 1 N–H and O–H groups in total. The molecule has 26 heavy (non-hydrogen) atoms. The zero-order chi connectivity index (χ0) is 18.3. The first-order valence-corrected chi connectivity index (χ1v) is 8.93. The van der Waals surface area contributed by atoms with Crippen molar-refractivity contribution in [3.8, 4) is 0 Å². The summed E-state index contributed by atoms with van der Waals surface area (Å²) in [6, 6.07) is 9.89. The smallest absolute Gasteiger partial charge is 0.254 e. The minimum Gasteiger partial charge on any atom is -0.363 e. The summed E-state index contributed by atoms with van der Waals surface area (Å²) in [6.07, 6.45) is 3.82. The quantitative estimate of drug-likeness (QED) is 0.788. The highest BCUT2D eigenvalue weighted by atomic mass is 16.2. The number of fused-ring (bicyclic) bond motifs is 1. The Bertz CT molecular complexity index is 962. The number of H-pyrrole nitrogens is 1. The highest BCUT2D eigenvalue weighted by molar-refractivity contribution is 5.97. The van der Waals surface area contributed by atoms with E-state index in [-0.39, 0.29) is 11.9 Å². The van der Waals surface area contributed by atoms with E-state index in [4.69, 9.17) is 0 Å². The summed E-state index contributed by atoms with van der Waals surface area (Å²) in [7, 11) is 3.95. The number of nitrogens with zero attached hydrogens (tertiary/aromatic N) is 4. The second-order valence-electron chi connectivity index (χ2n) is 7.05. The van der Waals surface area contributed by atoms with Crippen LogP contribution in [0.3, 0.4) is 0 Å². The minimum absolute atomic E-state index is 0.0740. The molecule has 1 atom stereocenters. The molecular weight excluding hydrogens is 326 g/mol. The summed E-state index contributed by atoms with van der Waals surface area (Å²) in [4.78, 5) is 29.1. The number of aromatic nitrogens is 3. The van der Waals surface area contributed by atoms with E-state index in [0.29, 0.717) is 5.56 Å². The molecule has 6 nitrogen and oxygen atoms in total. The lowest BCUT2D eigenvalue weighted by Crippen LogP contribution is -2.30. The fourth-order valence-electron chi connectivity index (χ4n) is 3.68. The lowest BCUT2D eigenvalue weighted by Gasteiger charge is -2.26. The van der Waals surface area contributed by atoms with Crippen LogP contribution in [-0.4, -0.2) is 46.4 Å². The number of hydrogen-bond acceptors (Lipinski definition) is 4. The molecule has 1 aliphatic heterocycles. The molecule has 0 aliphatic carbocycles. The van der Waals surface area contributed by atoms with E-state index in [1.54, 1.807) is 0 Å². The van der Waals surface area contributed by atoms with Crippen molar-refractivity contribution in [2.75, 3.05) is 25.5 Å². The van der Waals surface area contributed by atoms with Crippen molar-refractivity contribution in [3.63, 3.8) is 0 Å². The summed E-state index contributed by atoms with van der Waals surface area (Å²) in [5.41, 5.74) is 3.65. The number of hydrogen-bond donors (Lipinski definition) is 1. The van der Waals surface area contributed by atoms with Gasteiger partial charge in [-0.05, 0) is 55.7 Å². The Kier molecular flexibility index (Phi) is 4.11. The Balaban J connectivity index is 1.64. The number of nitrogens with one attached hydrogen (secondary N) is 1. The van der Waals surface area contributed by atoms with Gasteiger partial charge in [-0.15, -0.1) is 0 Å². The largest absolute Gasteiger partial charge is 0.363 e. The standard InChI is InChI=1S/C20H23N5O/c1-13-22-16-7-6-15(11-17(16)23-13)20(26)25-10-4-5-18(25)14-8-9-21-19(12-14)24(2)3/h6-9,11-12,18H,4-5,10H2,1-3H3,(H,22,23)/t18-/m1/s1. The molecule has 6 heteroatoms. The third-order valence-electron chi connectivity index (χ3n) is 4.97. The van der Waals surface area contributed by atoms with Crippen molar-refractivity contribution in [1.29, 1.82) is 0 Å². The van der Waals surface area contributed by atoms with E-state index in [1.807, 2.05) is 61.3 Å². The zero-order valence-corrected chi connectivity index (χ0v) is 15.4. The molecular formula is C20H23N5O. The van der Waals surface area contributed by atoms with Gasteiger partial charge in [-0.1, -0.05) is 0 Å². The summed E-state index contributed by atoms with van der Waals surface area (Å²) < 4.78 is 0. The number of aromatic amines is 1. The number of rotatable bonds is 3. The Morgan fingerprint density at radius 1 is 1.27 bits per heavy atom. The monoisotopic (exact) mass is 349 g/mol. The topological polar surface area (TPSA) is 65.1 Å². The Labute approximate surface area is 152 Å². The molecule has 1 saturated heterocycles. The Hall–Kier alpha value is -2.89. The van der Waals surface area contributed by atoms with Gasteiger partial charge in [0.15, 0.2) is 0 Å². The predicted molar refractivity (Wildman–Crippen MR) is 102 cm³/mol. The molecule has 2 aromatic heterocycles. The van der Waals surface area contributed by atoms with Crippen molar-refractivity contribution in [1.82, 2.24) is 19.9 Å². The van der Waals surface area contributed by atoms with Gasteiger partial charge in [0, 0.05) is 32.4 Å². The van der Waals surface area contributed by atoms with Crippen molar-refractivity contribution < 1.29 is 4.79 Å². The summed E-state index contributed by atoms with van der Waals surface area (Å²) in [5.74, 6) is 1.85. The maximum Gasteiger partial charge on any atom is 0.254 e. The number of amides is 1. The van der Waals surface area contributed by atoms with Gasteiger partial charge in [0.2, 0.25) is 0 Å². The second kappa shape index (κ2) is 6.44. The lowest BCUT2D eigenvalue weighted by molar-refractivity contribution is 0.0736. The predicted octanol–water partition coefficient (Wildman–Crippen LogP) is 3.31. The molecule has 3 heterocycles. The van der Waals surface area contributed by atoms with E-state index in [1.165, 1.54) is 0 Å². The first-order chi connectivity index (χ1) is 12.5. The van der Waals surface area contributed by atoms with Crippen LogP contribution in [0.2, 0.25) is 0 Å². The van der Waals surface area contributed by atoms with Gasteiger partial charge in [0.25, 0.3) is 5.91 Å².